The van der Waals surface area contributed by atoms with Crippen molar-refractivity contribution in [3.05, 3.63) is 20.5 Å². The lowest BCUT2D eigenvalue weighted by Crippen LogP contribution is -2.19. The molecule has 0 fully saturated rings. The van der Waals surface area contributed by atoms with Gasteiger partial charge >= 0.3 is 0 Å². The summed E-state index contributed by atoms with van der Waals surface area (Å²) < 4.78 is 0.813. The Morgan fingerprint density at radius 2 is 2.00 bits per heavy atom. The molecule has 0 bridgehead atoms. The molecule has 2 rings (SSSR count). The van der Waals surface area contributed by atoms with Crippen molar-refractivity contribution in [2.45, 2.75) is 39.5 Å². The maximum Gasteiger partial charge on any atom is 0.227 e. The van der Waals surface area contributed by atoms with E-state index in [1.165, 1.54) is 11.3 Å². The monoisotopic (exact) mass is 292 g/mol. The number of carbonyl (C=O) groups is 1. The van der Waals surface area contributed by atoms with Crippen LogP contribution >= 0.6 is 23.6 Å². The van der Waals surface area contributed by atoms with E-state index >= 15 is 0 Å². The van der Waals surface area contributed by atoms with Gasteiger partial charge in [0, 0.05) is 5.92 Å². The third kappa shape index (κ3) is 2.85. The van der Waals surface area contributed by atoms with E-state index < -0.39 is 0 Å². The molecule has 1 aliphatic rings. The standard InChI is InChI=1S/C14H16N2OS2/c1-8(2)12(17)16-13-11(7-15)9-5-3-4-6-10(9)14(18)19-13/h8H,3-6H2,1-2H3,(H,16,17). The zero-order valence-electron chi connectivity index (χ0n) is 11.1. The zero-order chi connectivity index (χ0) is 14.0. The van der Waals surface area contributed by atoms with E-state index in [1.807, 2.05) is 13.8 Å². The molecular weight excluding hydrogens is 276 g/mol. The summed E-state index contributed by atoms with van der Waals surface area (Å²) in [4.78, 5) is 11.8. The van der Waals surface area contributed by atoms with Crippen molar-refractivity contribution in [3.63, 3.8) is 0 Å². The summed E-state index contributed by atoms with van der Waals surface area (Å²) in [6.45, 7) is 3.66. The maximum atomic E-state index is 11.8. The summed E-state index contributed by atoms with van der Waals surface area (Å²) in [6, 6.07) is 2.24. The third-order valence-corrected chi connectivity index (χ3v) is 4.75. The quantitative estimate of drug-likeness (QED) is 0.843. The molecule has 0 atom stereocenters. The summed E-state index contributed by atoms with van der Waals surface area (Å²) in [6.07, 6.45) is 4.06. The molecule has 1 aliphatic carbocycles. The smallest absolute Gasteiger partial charge is 0.227 e. The Kier molecular flexibility index (Phi) is 4.33. The van der Waals surface area contributed by atoms with Gasteiger partial charge in [-0.25, -0.2) is 0 Å². The Bertz CT molecular complexity index is 611. The topological polar surface area (TPSA) is 52.9 Å². The number of carbonyl (C=O) groups excluding carboxylic acids is 1. The van der Waals surface area contributed by atoms with Crippen molar-refractivity contribution in [2.24, 2.45) is 5.92 Å². The van der Waals surface area contributed by atoms with Gasteiger partial charge in [0.2, 0.25) is 5.91 Å². The maximum absolute atomic E-state index is 11.8. The second-order valence-corrected chi connectivity index (χ2v) is 6.70. The first kappa shape index (κ1) is 14.2. The molecule has 100 valence electrons. The van der Waals surface area contributed by atoms with E-state index in [2.05, 4.69) is 11.4 Å². The molecule has 19 heavy (non-hydrogen) atoms. The van der Waals surface area contributed by atoms with Crippen LogP contribution in [0.2, 0.25) is 0 Å². The number of fused-ring (bicyclic) bond motifs is 1. The van der Waals surface area contributed by atoms with Crippen LogP contribution in [0.25, 0.3) is 0 Å². The minimum Gasteiger partial charge on any atom is -0.316 e. The van der Waals surface area contributed by atoms with Crippen LogP contribution in [0.5, 0.6) is 0 Å². The summed E-state index contributed by atoms with van der Waals surface area (Å²) in [5.74, 6) is -0.179. The third-order valence-electron chi connectivity index (χ3n) is 3.31. The summed E-state index contributed by atoms with van der Waals surface area (Å²) >= 11 is 6.76. The van der Waals surface area contributed by atoms with Crippen LogP contribution in [0.15, 0.2) is 0 Å². The highest BCUT2D eigenvalue weighted by atomic mass is 32.1. The molecule has 0 aliphatic heterocycles. The zero-order valence-corrected chi connectivity index (χ0v) is 12.7. The largest absolute Gasteiger partial charge is 0.316 e. The van der Waals surface area contributed by atoms with E-state index in [1.54, 1.807) is 0 Å². The van der Waals surface area contributed by atoms with E-state index in [9.17, 15) is 10.1 Å². The van der Waals surface area contributed by atoms with E-state index in [-0.39, 0.29) is 11.8 Å². The van der Waals surface area contributed by atoms with Gasteiger partial charge in [-0.05, 0) is 36.8 Å². The van der Waals surface area contributed by atoms with Crippen molar-refractivity contribution < 1.29 is 4.79 Å². The molecule has 0 unspecified atom stereocenters. The lowest BCUT2D eigenvalue weighted by Gasteiger charge is -2.19. The fourth-order valence-electron chi connectivity index (χ4n) is 2.21. The molecule has 0 aromatic carbocycles. The Morgan fingerprint density at radius 3 is 2.58 bits per heavy atom. The molecule has 1 heterocycles. The first-order valence-corrected chi connectivity index (χ1v) is 7.67. The highest BCUT2D eigenvalue weighted by Crippen LogP contribution is 2.34. The van der Waals surface area contributed by atoms with Crippen LogP contribution in [0.3, 0.4) is 0 Å². The fourth-order valence-corrected chi connectivity index (χ4v) is 3.64. The van der Waals surface area contributed by atoms with Gasteiger partial charge in [-0.15, -0.1) is 11.3 Å². The average Bonchev–Trinajstić information content (AvgIpc) is 2.39. The molecule has 3 nitrogen and oxygen atoms in total. The van der Waals surface area contributed by atoms with Gasteiger partial charge in [-0.1, -0.05) is 26.1 Å². The minimum absolute atomic E-state index is 0.0714. The van der Waals surface area contributed by atoms with Crippen LogP contribution in [-0.2, 0) is 17.6 Å². The lowest BCUT2D eigenvalue weighted by molar-refractivity contribution is -0.118. The summed E-state index contributed by atoms with van der Waals surface area (Å²) in [5, 5.41) is 12.8. The van der Waals surface area contributed by atoms with Crippen molar-refractivity contribution in [3.8, 4) is 6.07 Å². The molecule has 1 N–H and O–H groups in total. The lowest BCUT2D eigenvalue weighted by atomic mass is 9.91. The molecule has 5 heteroatoms. The second kappa shape index (κ2) is 5.81. The van der Waals surface area contributed by atoms with Gasteiger partial charge in [-0.2, -0.15) is 5.26 Å². The Balaban J connectivity index is 2.51. The van der Waals surface area contributed by atoms with Gasteiger partial charge in [-0.3, -0.25) is 4.79 Å². The van der Waals surface area contributed by atoms with E-state index in [0.29, 0.717) is 10.6 Å². The SMILES string of the molecule is CC(C)C(=O)Nc1sc(=S)c2c(c1C#N)CCCC2. The number of hydrogen-bond acceptors (Lipinski definition) is 4. The number of rotatable bonds is 2. The van der Waals surface area contributed by atoms with Gasteiger partial charge in [0.05, 0.1) is 9.39 Å². The van der Waals surface area contributed by atoms with Crippen LogP contribution in [0.4, 0.5) is 5.00 Å². The minimum atomic E-state index is -0.108. The number of anilines is 1. The van der Waals surface area contributed by atoms with Crippen LogP contribution in [0, 0.1) is 21.1 Å². The predicted molar refractivity (Wildman–Crippen MR) is 80.0 cm³/mol. The van der Waals surface area contributed by atoms with Crippen LogP contribution in [-0.4, -0.2) is 5.91 Å². The number of amides is 1. The molecule has 1 amide bonds. The first-order valence-electron chi connectivity index (χ1n) is 6.44. The van der Waals surface area contributed by atoms with Crippen molar-refractivity contribution >= 4 is 34.5 Å². The normalized spacial score (nSPS) is 13.8. The van der Waals surface area contributed by atoms with Gasteiger partial charge in [0.25, 0.3) is 0 Å². The highest BCUT2D eigenvalue weighted by Gasteiger charge is 2.20. The predicted octanol–water partition coefficient (Wildman–Crippen LogP) is 3.82. The Hall–Kier alpha value is -1.25. The molecule has 0 radical (unpaired) electrons. The molecule has 0 saturated carbocycles. The molecular formula is C14H16N2OS2. The highest BCUT2D eigenvalue weighted by molar-refractivity contribution is 7.73. The number of hydrogen-bond donors (Lipinski definition) is 1. The molecule has 0 spiro atoms. The summed E-state index contributed by atoms with van der Waals surface area (Å²) in [5.41, 5.74) is 2.81. The van der Waals surface area contributed by atoms with E-state index in [4.69, 9.17) is 12.2 Å². The summed E-state index contributed by atoms with van der Waals surface area (Å²) in [7, 11) is 0. The van der Waals surface area contributed by atoms with Gasteiger partial charge in [0.15, 0.2) is 0 Å². The number of nitriles is 1. The van der Waals surface area contributed by atoms with Crippen molar-refractivity contribution in [1.82, 2.24) is 0 Å². The molecule has 0 saturated heterocycles. The van der Waals surface area contributed by atoms with Crippen LogP contribution in [0.1, 0.15) is 43.4 Å². The molecule has 1 aromatic rings. The van der Waals surface area contributed by atoms with Crippen molar-refractivity contribution in [1.29, 1.82) is 5.26 Å². The van der Waals surface area contributed by atoms with E-state index in [0.717, 1.165) is 40.6 Å². The van der Waals surface area contributed by atoms with Gasteiger partial charge < -0.3 is 5.32 Å². The fraction of sp³-hybridized carbons (Fsp3) is 0.500. The number of nitrogens with zero attached hydrogens (tertiary/aromatic N) is 1. The van der Waals surface area contributed by atoms with Crippen molar-refractivity contribution in [2.75, 3.05) is 5.32 Å². The van der Waals surface area contributed by atoms with Crippen LogP contribution < -0.4 is 5.32 Å². The van der Waals surface area contributed by atoms with Gasteiger partial charge in [0.1, 0.15) is 11.1 Å². The average molecular weight is 292 g/mol. The second-order valence-electron chi connectivity index (χ2n) is 5.01. The Morgan fingerprint density at radius 1 is 1.37 bits per heavy atom. The molecule has 1 aromatic heterocycles. The first-order chi connectivity index (χ1) is 9.04. The Labute approximate surface area is 122 Å². The number of nitrogens with one attached hydrogen (secondary N) is 1.